The van der Waals surface area contributed by atoms with Crippen molar-refractivity contribution in [3.05, 3.63) is 84.7 Å². The van der Waals surface area contributed by atoms with Gasteiger partial charge in [-0.1, -0.05) is 72.8 Å². The zero-order valence-electron chi connectivity index (χ0n) is 14.4. The summed E-state index contributed by atoms with van der Waals surface area (Å²) < 4.78 is 1.29. The van der Waals surface area contributed by atoms with Crippen LogP contribution in [0.2, 0.25) is 0 Å². The number of carbonyl (C=O) groups excluding carboxylic acids is 1. The van der Waals surface area contributed by atoms with Gasteiger partial charge in [0.15, 0.2) is 5.82 Å². The fourth-order valence-corrected chi connectivity index (χ4v) is 3.00. The summed E-state index contributed by atoms with van der Waals surface area (Å²) in [7, 11) is 1.76. The van der Waals surface area contributed by atoms with E-state index in [4.69, 9.17) is 0 Å². The minimum Gasteiger partial charge on any atom is -0.322 e. The summed E-state index contributed by atoms with van der Waals surface area (Å²) in [5.74, 6) is 0.545. The first kappa shape index (κ1) is 16.0. The maximum Gasteiger partial charge on any atom is 0.346 e. The van der Waals surface area contributed by atoms with Gasteiger partial charge < -0.3 is 4.90 Å². The van der Waals surface area contributed by atoms with Gasteiger partial charge in [-0.15, -0.1) is 5.10 Å². The molecule has 5 nitrogen and oxygen atoms in total. The van der Waals surface area contributed by atoms with Crippen LogP contribution < -0.4 is 0 Å². The summed E-state index contributed by atoms with van der Waals surface area (Å²) >= 11 is 0. The van der Waals surface area contributed by atoms with Gasteiger partial charge >= 0.3 is 6.03 Å². The Morgan fingerprint density at radius 3 is 2.54 bits per heavy atom. The van der Waals surface area contributed by atoms with Crippen molar-refractivity contribution in [2.24, 2.45) is 0 Å². The van der Waals surface area contributed by atoms with Crippen molar-refractivity contribution in [1.29, 1.82) is 0 Å². The molecule has 1 amide bonds. The Labute approximate surface area is 151 Å². The van der Waals surface area contributed by atoms with Crippen LogP contribution in [0.5, 0.6) is 0 Å². The van der Waals surface area contributed by atoms with E-state index >= 15 is 0 Å². The molecule has 5 heteroatoms. The molecule has 0 radical (unpaired) electrons. The van der Waals surface area contributed by atoms with Gasteiger partial charge in [-0.2, -0.15) is 4.68 Å². The van der Waals surface area contributed by atoms with E-state index < -0.39 is 0 Å². The predicted molar refractivity (Wildman–Crippen MR) is 102 cm³/mol. The first-order valence-corrected chi connectivity index (χ1v) is 8.41. The molecule has 3 aromatic carbocycles. The van der Waals surface area contributed by atoms with Gasteiger partial charge in [-0.3, -0.25) is 0 Å². The third kappa shape index (κ3) is 3.07. The maximum absolute atomic E-state index is 12.6. The molecule has 0 saturated heterocycles. The van der Waals surface area contributed by atoms with Gasteiger partial charge in [0.25, 0.3) is 0 Å². The van der Waals surface area contributed by atoms with Crippen LogP contribution in [0.4, 0.5) is 4.79 Å². The van der Waals surface area contributed by atoms with Crippen LogP contribution >= 0.6 is 0 Å². The first-order valence-electron chi connectivity index (χ1n) is 8.41. The molecule has 0 fully saturated rings. The molecule has 0 aliphatic heterocycles. The fraction of sp³-hybridized carbons (Fsp3) is 0.0952. The summed E-state index contributed by atoms with van der Waals surface area (Å²) in [6.07, 6.45) is 1.47. The molecule has 0 aliphatic rings. The van der Waals surface area contributed by atoms with Gasteiger partial charge in [0.1, 0.15) is 6.33 Å². The van der Waals surface area contributed by atoms with Crippen molar-refractivity contribution >= 4 is 16.8 Å². The van der Waals surface area contributed by atoms with Crippen molar-refractivity contribution in [2.45, 2.75) is 6.54 Å². The van der Waals surface area contributed by atoms with Gasteiger partial charge in [0, 0.05) is 19.2 Å². The highest BCUT2D eigenvalue weighted by Crippen LogP contribution is 2.25. The van der Waals surface area contributed by atoms with Crippen molar-refractivity contribution in [1.82, 2.24) is 19.7 Å². The Hall–Kier alpha value is -3.47. The van der Waals surface area contributed by atoms with Crippen LogP contribution in [0.25, 0.3) is 22.2 Å². The Bertz CT molecular complexity index is 1050. The van der Waals surface area contributed by atoms with Crippen LogP contribution in [0, 0.1) is 0 Å². The van der Waals surface area contributed by atoms with E-state index in [0.29, 0.717) is 12.4 Å². The second-order valence-electron chi connectivity index (χ2n) is 6.16. The molecule has 0 aliphatic carbocycles. The molecule has 128 valence electrons. The number of benzene rings is 3. The standard InChI is InChI=1S/C21H18N4O/c1-24(14-16-8-3-2-4-9-16)21(26)25-15-22-20(23-25)19-13-7-11-17-10-5-6-12-18(17)19/h2-13,15H,14H2,1H3. The second-order valence-corrected chi connectivity index (χ2v) is 6.16. The second kappa shape index (κ2) is 6.80. The highest BCUT2D eigenvalue weighted by Gasteiger charge is 2.15. The summed E-state index contributed by atoms with van der Waals surface area (Å²) in [4.78, 5) is 18.6. The zero-order valence-corrected chi connectivity index (χ0v) is 14.4. The third-order valence-corrected chi connectivity index (χ3v) is 4.31. The van der Waals surface area contributed by atoms with Crippen LogP contribution in [0.1, 0.15) is 5.56 Å². The highest BCUT2D eigenvalue weighted by atomic mass is 16.2. The largest absolute Gasteiger partial charge is 0.346 e. The Balaban J connectivity index is 1.60. The van der Waals surface area contributed by atoms with E-state index in [1.165, 1.54) is 11.0 Å². The molecule has 0 spiro atoms. The van der Waals surface area contributed by atoms with Crippen molar-refractivity contribution < 1.29 is 4.79 Å². The lowest BCUT2D eigenvalue weighted by Gasteiger charge is -2.16. The molecule has 0 saturated carbocycles. The summed E-state index contributed by atoms with van der Waals surface area (Å²) in [5, 5.41) is 6.59. The average molecular weight is 342 g/mol. The van der Waals surface area contributed by atoms with E-state index in [0.717, 1.165) is 21.9 Å². The molecule has 1 heterocycles. The van der Waals surface area contributed by atoms with Crippen LogP contribution in [-0.4, -0.2) is 32.7 Å². The highest BCUT2D eigenvalue weighted by molar-refractivity contribution is 5.95. The molecular formula is C21H18N4O. The van der Waals surface area contributed by atoms with Gasteiger partial charge in [0.05, 0.1) is 0 Å². The summed E-state index contributed by atoms with van der Waals surface area (Å²) in [6, 6.07) is 23.7. The Morgan fingerprint density at radius 2 is 1.69 bits per heavy atom. The minimum absolute atomic E-state index is 0.215. The van der Waals surface area contributed by atoms with E-state index in [1.807, 2.05) is 60.7 Å². The number of nitrogens with zero attached hydrogens (tertiary/aromatic N) is 4. The lowest BCUT2D eigenvalue weighted by Crippen LogP contribution is -2.31. The molecular weight excluding hydrogens is 324 g/mol. The number of hydrogen-bond acceptors (Lipinski definition) is 3. The zero-order chi connectivity index (χ0) is 17.9. The molecule has 0 N–H and O–H groups in total. The summed E-state index contributed by atoms with van der Waals surface area (Å²) in [6.45, 7) is 0.517. The van der Waals surface area contributed by atoms with E-state index in [9.17, 15) is 4.79 Å². The van der Waals surface area contributed by atoms with E-state index in [2.05, 4.69) is 22.2 Å². The predicted octanol–water partition coefficient (Wildman–Crippen LogP) is 4.20. The number of rotatable bonds is 3. The minimum atomic E-state index is -0.215. The molecule has 4 rings (SSSR count). The molecule has 0 atom stereocenters. The summed E-state index contributed by atoms with van der Waals surface area (Å²) in [5.41, 5.74) is 1.98. The fourth-order valence-electron chi connectivity index (χ4n) is 3.00. The van der Waals surface area contributed by atoms with Crippen molar-refractivity contribution in [3.63, 3.8) is 0 Å². The molecule has 0 unspecified atom stereocenters. The number of fused-ring (bicyclic) bond motifs is 1. The number of hydrogen-bond donors (Lipinski definition) is 0. The van der Waals surface area contributed by atoms with Gasteiger partial charge in [-0.25, -0.2) is 9.78 Å². The van der Waals surface area contributed by atoms with Crippen molar-refractivity contribution in [2.75, 3.05) is 7.05 Å². The Kier molecular flexibility index (Phi) is 4.19. The Morgan fingerprint density at radius 1 is 0.962 bits per heavy atom. The molecule has 26 heavy (non-hydrogen) atoms. The monoisotopic (exact) mass is 342 g/mol. The average Bonchev–Trinajstić information content (AvgIpc) is 3.17. The van der Waals surface area contributed by atoms with Crippen LogP contribution in [0.3, 0.4) is 0 Å². The van der Waals surface area contributed by atoms with Crippen molar-refractivity contribution in [3.8, 4) is 11.4 Å². The first-order chi connectivity index (χ1) is 12.7. The van der Waals surface area contributed by atoms with E-state index in [-0.39, 0.29) is 6.03 Å². The smallest absolute Gasteiger partial charge is 0.322 e. The third-order valence-electron chi connectivity index (χ3n) is 4.31. The number of amides is 1. The number of aromatic nitrogens is 3. The normalized spacial score (nSPS) is 10.8. The maximum atomic E-state index is 12.6. The van der Waals surface area contributed by atoms with Gasteiger partial charge in [-0.05, 0) is 16.3 Å². The van der Waals surface area contributed by atoms with Crippen LogP contribution in [-0.2, 0) is 6.54 Å². The SMILES string of the molecule is CN(Cc1ccccc1)C(=O)n1cnc(-c2cccc3ccccc23)n1. The molecule has 1 aromatic heterocycles. The van der Waals surface area contributed by atoms with E-state index in [1.54, 1.807) is 11.9 Å². The quantitative estimate of drug-likeness (QED) is 0.561. The molecule has 4 aromatic rings. The topological polar surface area (TPSA) is 51.0 Å². The lowest BCUT2D eigenvalue weighted by atomic mass is 10.0. The van der Waals surface area contributed by atoms with Gasteiger partial charge in [0.2, 0.25) is 0 Å². The number of carbonyl (C=O) groups is 1. The molecule has 0 bridgehead atoms. The lowest BCUT2D eigenvalue weighted by molar-refractivity contribution is 0.205. The van der Waals surface area contributed by atoms with Crippen LogP contribution in [0.15, 0.2) is 79.1 Å².